The molecule has 2 rings (SSSR count). The van der Waals surface area contributed by atoms with Gasteiger partial charge in [-0.2, -0.15) is 0 Å². The van der Waals surface area contributed by atoms with Crippen LogP contribution in [0.4, 0.5) is 11.6 Å². The Labute approximate surface area is 106 Å². The van der Waals surface area contributed by atoms with Crippen LogP contribution in [-0.4, -0.2) is 11.5 Å². The topological polar surface area (TPSA) is 91.0 Å². The van der Waals surface area contributed by atoms with E-state index in [9.17, 15) is 0 Å². The third kappa shape index (κ3) is 2.67. The van der Waals surface area contributed by atoms with E-state index in [0.717, 1.165) is 16.7 Å². The quantitative estimate of drug-likeness (QED) is 0.760. The Kier molecular flexibility index (Phi) is 3.60. The summed E-state index contributed by atoms with van der Waals surface area (Å²) >= 11 is 0. The van der Waals surface area contributed by atoms with Gasteiger partial charge in [-0.3, -0.25) is 0 Å². The van der Waals surface area contributed by atoms with Crippen LogP contribution < -0.4 is 17.2 Å². The molecule has 0 saturated carbocycles. The minimum Gasteiger partial charge on any atom is -0.384 e. The summed E-state index contributed by atoms with van der Waals surface area (Å²) in [6, 6.07) is 13.6. The summed E-state index contributed by atoms with van der Waals surface area (Å²) < 4.78 is 0. The summed E-state index contributed by atoms with van der Waals surface area (Å²) in [6.45, 7) is 0.451. The molecule has 0 bridgehead atoms. The monoisotopic (exact) mass is 240 g/mol. The Balaban J connectivity index is 2.52. The average Bonchev–Trinajstić information content (AvgIpc) is 2.36. The number of benzene rings is 1. The predicted octanol–water partition coefficient (Wildman–Crippen LogP) is 1.64. The van der Waals surface area contributed by atoms with E-state index in [0.29, 0.717) is 18.2 Å². The van der Waals surface area contributed by atoms with Crippen molar-refractivity contribution in [2.45, 2.75) is 0 Å². The molecule has 0 unspecified atom stereocenters. The summed E-state index contributed by atoms with van der Waals surface area (Å²) in [5.74, 6) is 0.813. The molecule has 0 amide bonds. The van der Waals surface area contributed by atoms with E-state index in [1.807, 2.05) is 36.4 Å². The Bertz CT molecular complexity index is 541. The first kappa shape index (κ1) is 12.1. The van der Waals surface area contributed by atoms with Crippen LogP contribution in [0.2, 0.25) is 0 Å². The van der Waals surface area contributed by atoms with E-state index >= 15 is 0 Å². The van der Waals surface area contributed by atoms with Gasteiger partial charge < -0.3 is 17.2 Å². The van der Waals surface area contributed by atoms with Crippen molar-refractivity contribution in [1.29, 1.82) is 0 Å². The van der Waals surface area contributed by atoms with E-state index in [1.54, 1.807) is 12.1 Å². The molecule has 0 aliphatic carbocycles. The van der Waals surface area contributed by atoms with E-state index in [1.165, 1.54) is 0 Å². The van der Waals surface area contributed by atoms with Crippen molar-refractivity contribution in [1.82, 2.24) is 4.98 Å². The van der Waals surface area contributed by atoms with Crippen LogP contribution in [-0.2, 0) is 0 Å². The molecule has 18 heavy (non-hydrogen) atoms. The van der Waals surface area contributed by atoms with Gasteiger partial charge in [0.15, 0.2) is 0 Å². The summed E-state index contributed by atoms with van der Waals surface area (Å²) in [6.07, 6.45) is 1.95. The molecule has 6 N–H and O–H groups in total. The number of anilines is 2. The van der Waals surface area contributed by atoms with Crippen molar-refractivity contribution < 1.29 is 0 Å². The minimum absolute atomic E-state index is 0.406. The largest absolute Gasteiger partial charge is 0.384 e. The number of hydrogen-bond acceptors (Lipinski definition) is 4. The predicted molar refractivity (Wildman–Crippen MR) is 75.6 cm³/mol. The lowest BCUT2D eigenvalue weighted by Crippen LogP contribution is -2.01. The van der Waals surface area contributed by atoms with Crippen molar-refractivity contribution in [2.24, 2.45) is 5.73 Å². The summed E-state index contributed by atoms with van der Waals surface area (Å²) in [5.41, 5.74) is 20.1. The number of nitrogen functional groups attached to an aromatic ring is 2. The lowest BCUT2D eigenvalue weighted by atomic mass is 9.98. The third-order valence-electron chi connectivity index (χ3n) is 2.58. The van der Waals surface area contributed by atoms with Gasteiger partial charge in [-0.1, -0.05) is 36.4 Å². The van der Waals surface area contributed by atoms with Crippen LogP contribution >= 0.6 is 0 Å². The summed E-state index contributed by atoms with van der Waals surface area (Å²) in [4.78, 5) is 3.97. The standard InChI is InChI=1S/C14H16N4/c15-7-6-12(10-4-2-1-3-5-10)11-8-13(16)18-14(17)9-11/h1-6,8-9H,7,15H2,(H4,16,17,18)/b12-6+. The highest BCUT2D eigenvalue weighted by atomic mass is 14.9. The molecule has 0 aliphatic heterocycles. The lowest BCUT2D eigenvalue weighted by molar-refractivity contribution is 1.25. The van der Waals surface area contributed by atoms with E-state index in [4.69, 9.17) is 17.2 Å². The summed E-state index contributed by atoms with van der Waals surface area (Å²) in [5, 5.41) is 0. The zero-order valence-electron chi connectivity index (χ0n) is 10.0. The fraction of sp³-hybridized carbons (Fsp3) is 0.0714. The van der Waals surface area contributed by atoms with Gasteiger partial charge in [0.05, 0.1) is 0 Å². The highest BCUT2D eigenvalue weighted by molar-refractivity contribution is 5.81. The number of aromatic nitrogens is 1. The molecule has 0 aliphatic rings. The molecule has 4 heteroatoms. The SMILES string of the molecule is NC/C=C(\c1ccccc1)c1cc(N)nc(N)c1. The first-order chi connectivity index (χ1) is 8.70. The van der Waals surface area contributed by atoms with Crippen LogP contribution in [0.15, 0.2) is 48.5 Å². The number of hydrogen-bond donors (Lipinski definition) is 3. The van der Waals surface area contributed by atoms with Gasteiger partial charge in [0.25, 0.3) is 0 Å². The first-order valence-corrected chi connectivity index (χ1v) is 5.70. The van der Waals surface area contributed by atoms with Crippen LogP contribution in [0.5, 0.6) is 0 Å². The Hall–Kier alpha value is -2.33. The fourth-order valence-corrected chi connectivity index (χ4v) is 1.87. The molecular formula is C14H16N4. The van der Waals surface area contributed by atoms with Gasteiger partial charge in [-0.15, -0.1) is 0 Å². The molecule has 0 radical (unpaired) electrons. The Morgan fingerprint density at radius 3 is 2.17 bits per heavy atom. The first-order valence-electron chi connectivity index (χ1n) is 5.70. The van der Waals surface area contributed by atoms with Crippen molar-refractivity contribution in [3.63, 3.8) is 0 Å². The maximum atomic E-state index is 5.72. The Morgan fingerprint density at radius 1 is 1.00 bits per heavy atom. The molecule has 0 saturated heterocycles. The lowest BCUT2D eigenvalue weighted by Gasteiger charge is -2.09. The van der Waals surface area contributed by atoms with Crippen molar-refractivity contribution in [3.8, 4) is 0 Å². The van der Waals surface area contributed by atoms with E-state index < -0.39 is 0 Å². The second kappa shape index (κ2) is 5.33. The van der Waals surface area contributed by atoms with Crippen LogP contribution in [0, 0.1) is 0 Å². The van der Waals surface area contributed by atoms with Crippen molar-refractivity contribution in [3.05, 3.63) is 59.7 Å². The van der Waals surface area contributed by atoms with Crippen molar-refractivity contribution >= 4 is 17.2 Å². The highest BCUT2D eigenvalue weighted by Crippen LogP contribution is 2.25. The molecule has 2 aromatic rings. The molecule has 92 valence electrons. The smallest absolute Gasteiger partial charge is 0.126 e. The minimum atomic E-state index is 0.406. The third-order valence-corrected chi connectivity index (χ3v) is 2.58. The van der Waals surface area contributed by atoms with Crippen molar-refractivity contribution in [2.75, 3.05) is 18.0 Å². The molecule has 1 heterocycles. The maximum absolute atomic E-state index is 5.72. The molecule has 1 aromatic heterocycles. The average molecular weight is 240 g/mol. The van der Waals surface area contributed by atoms with Crippen LogP contribution in [0.3, 0.4) is 0 Å². The molecule has 1 aromatic carbocycles. The van der Waals surface area contributed by atoms with Gasteiger partial charge in [0.1, 0.15) is 11.6 Å². The molecule has 0 fully saturated rings. The van der Waals surface area contributed by atoms with Gasteiger partial charge in [-0.05, 0) is 28.8 Å². The van der Waals surface area contributed by atoms with E-state index in [2.05, 4.69) is 4.98 Å². The number of pyridine rings is 1. The fourth-order valence-electron chi connectivity index (χ4n) is 1.87. The maximum Gasteiger partial charge on any atom is 0.126 e. The number of rotatable bonds is 3. The zero-order chi connectivity index (χ0) is 13.0. The molecule has 0 spiro atoms. The molecule has 4 nitrogen and oxygen atoms in total. The zero-order valence-corrected chi connectivity index (χ0v) is 10.0. The molecule has 0 atom stereocenters. The van der Waals surface area contributed by atoms with Crippen LogP contribution in [0.25, 0.3) is 5.57 Å². The second-order valence-corrected chi connectivity index (χ2v) is 3.93. The highest BCUT2D eigenvalue weighted by Gasteiger charge is 2.06. The van der Waals surface area contributed by atoms with Gasteiger partial charge in [0.2, 0.25) is 0 Å². The number of nitrogens with zero attached hydrogens (tertiary/aromatic N) is 1. The number of nitrogens with two attached hydrogens (primary N) is 3. The second-order valence-electron chi connectivity index (χ2n) is 3.93. The summed E-state index contributed by atoms with van der Waals surface area (Å²) in [7, 11) is 0. The Morgan fingerprint density at radius 2 is 1.61 bits per heavy atom. The van der Waals surface area contributed by atoms with Gasteiger partial charge in [-0.25, -0.2) is 4.98 Å². The van der Waals surface area contributed by atoms with Gasteiger partial charge >= 0.3 is 0 Å². The van der Waals surface area contributed by atoms with E-state index in [-0.39, 0.29) is 0 Å². The van der Waals surface area contributed by atoms with Crippen LogP contribution in [0.1, 0.15) is 11.1 Å². The molecular weight excluding hydrogens is 224 g/mol. The normalized spacial score (nSPS) is 11.5. The van der Waals surface area contributed by atoms with Gasteiger partial charge in [0, 0.05) is 6.54 Å².